The summed E-state index contributed by atoms with van der Waals surface area (Å²) >= 11 is 0. The van der Waals surface area contributed by atoms with Gasteiger partial charge in [0.15, 0.2) is 0 Å². The van der Waals surface area contributed by atoms with Gasteiger partial charge in [0.05, 0.1) is 0 Å². The smallest absolute Gasteiger partial charge is 0.321 e. The highest BCUT2D eigenvalue weighted by molar-refractivity contribution is 5.92. The predicted molar refractivity (Wildman–Crippen MR) is 86.5 cm³/mol. The lowest BCUT2D eigenvalue weighted by atomic mass is 10.1. The van der Waals surface area contributed by atoms with E-state index in [1.807, 2.05) is 11.8 Å². The molecule has 3 nitrogen and oxygen atoms in total. The molecule has 3 heteroatoms. The second kappa shape index (κ2) is 8.62. The molecule has 0 aliphatic rings. The van der Waals surface area contributed by atoms with E-state index in [2.05, 4.69) is 44.3 Å². The molecular formula is C17H28N2O. The van der Waals surface area contributed by atoms with Crippen molar-refractivity contribution < 1.29 is 4.79 Å². The molecule has 0 fully saturated rings. The van der Waals surface area contributed by atoms with Crippen molar-refractivity contribution in [3.63, 3.8) is 0 Å². The van der Waals surface area contributed by atoms with Crippen molar-refractivity contribution in [3.8, 4) is 0 Å². The Bertz CT molecular complexity index is 429. The fourth-order valence-electron chi connectivity index (χ4n) is 2.38. The van der Waals surface area contributed by atoms with Gasteiger partial charge in [0.1, 0.15) is 0 Å². The van der Waals surface area contributed by atoms with Crippen LogP contribution in [0.5, 0.6) is 0 Å². The predicted octanol–water partition coefficient (Wildman–Crippen LogP) is 4.42. The van der Waals surface area contributed by atoms with Gasteiger partial charge in [-0.05, 0) is 38.8 Å². The fraction of sp³-hybridized carbons (Fsp3) is 0.588. The molecule has 0 aliphatic heterocycles. The topological polar surface area (TPSA) is 32.3 Å². The molecule has 0 heterocycles. The number of aryl methyl sites for hydroxylation is 2. The first kappa shape index (κ1) is 16.5. The fourth-order valence-corrected chi connectivity index (χ4v) is 2.38. The molecule has 1 rings (SSSR count). The molecule has 0 radical (unpaired) electrons. The van der Waals surface area contributed by atoms with Crippen molar-refractivity contribution in [1.29, 1.82) is 0 Å². The zero-order valence-corrected chi connectivity index (χ0v) is 13.3. The van der Waals surface area contributed by atoms with E-state index in [4.69, 9.17) is 0 Å². The number of nitrogens with one attached hydrogen (secondary N) is 1. The van der Waals surface area contributed by atoms with E-state index in [0.29, 0.717) is 6.54 Å². The molecule has 2 amide bonds. The van der Waals surface area contributed by atoms with E-state index in [1.165, 1.54) is 24.8 Å². The Hall–Kier alpha value is -1.51. The Kier molecular flexibility index (Phi) is 7.13. The number of hydrogen-bond donors (Lipinski definition) is 1. The van der Waals surface area contributed by atoms with Crippen LogP contribution in [0, 0.1) is 13.8 Å². The molecule has 0 unspecified atom stereocenters. The minimum Gasteiger partial charge on any atom is -0.338 e. The summed E-state index contributed by atoms with van der Waals surface area (Å²) in [6.45, 7) is 9.75. The number of benzene rings is 1. The highest BCUT2D eigenvalue weighted by Gasteiger charge is 2.16. The Labute approximate surface area is 123 Å². The molecule has 0 bridgehead atoms. The van der Waals surface area contributed by atoms with Crippen LogP contribution < -0.4 is 10.2 Å². The average molecular weight is 276 g/mol. The lowest BCUT2D eigenvalue weighted by Crippen LogP contribution is -2.41. The number of rotatable bonds is 7. The molecule has 0 aromatic heterocycles. The van der Waals surface area contributed by atoms with Gasteiger partial charge in [-0.15, -0.1) is 0 Å². The van der Waals surface area contributed by atoms with Crippen LogP contribution >= 0.6 is 0 Å². The van der Waals surface area contributed by atoms with Crippen LogP contribution in [0.25, 0.3) is 0 Å². The number of urea groups is 1. The Morgan fingerprint density at radius 1 is 1.15 bits per heavy atom. The second-order valence-electron chi connectivity index (χ2n) is 5.34. The summed E-state index contributed by atoms with van der Waals surface area (Å²) in [5.41, 5.74) is 3.41. The number of nitrogens with zero attached hydrogens (tertiary/aromatic N) is 1. The van der Waals surface area contributed by atoms with Crippen molar-refractivity contribution in [3.05, 3.63) is 29.3 Å². The summed E-state index contributed by atoms with van der Waals surface area (Å²) in [4.78, 5) is 14.1. The first-order chi connectivity index (χ1) is 9.60. The van der Waals surface area contributed by atoms with Crippen molar-refractivity contribution in [2.75, 3.05) is 18.0 Å². The first-order valence-corrected chi connectivity index (χ1v) is 7.72. The standard InChI is InChI=1S/C17H28N2O/c1-5-7-8-9-12-19(17(20)18-6-2)16-11-10-14(3)13-15(16)4/h10-11,13H,5-9,12H2,1-4H3,(H,18,20). The summed E-state index contributed by atoms with van der Waals surface area (Å²) in [7, 11) is 0. The molecule has 1 aromatic rings. The molecule has 0 aliphatic carbocycles. The van der Waals surface area contributed by atoms with E-state index in [1.54, 1.807) is 0 Å². The maximum absolute atomic E-state index is 12.3. The zero-order chi connectivity index (χ0) is 15.0. The van der Waals surface area contributed by atoms with E-state index in [0.717, 1.165) is 24.2 Å². The average Bonchev–Trinajstić information content (AvgIpc) is 2.40. The number of carbonyl (C=O) groups is 1. The van der Waals surface area contributed by atoms with Crippen LogP contribution in [0.2, 0.25) is 0 Å². The van der Waals surface area contributed by atoms with Gasteiger partial charge >= 0.3 is 6.03 Å². The Balaban J connectivity index is 2.82. The van der Waals surface area contributed by atoms with E-state index >= 15 is 0 Å². The van der Waals surface area contributed by atoms with Crippen molar-refractivity contribution in [1.82, 2.24) is 5.32 Å². The van der Waals surface area contributed by atoms with Gasteiger partial charge < -0.3 is 5.32 Å². The minimum absolute atomic E-state index is 0.0101. The highest BCUT2D eigenvalue weighted by atomic mass is 16.2. The molecular weight excluding hydrogens is 248 g/mol. The van der Waals surface area contributed by atoms with Gasteiger partial charge in [0.2, 0.25) is 0 Å². The Morgan fingerprint density at radius 3 is 2.50 bits per heavy atom. The summed E-state index contributed by atoms with van der Waals surface area (Å²) in [5, 5.41) is 2.91. The third-order valence-electron chi connectivity index (χ3n) is 3.45. The van der Waals surface area contributed by atoms with Gasteiger partial charge in [0, 0.05) is 18.8 Å². The van der Waals surface area contributed by atoms with Crippen molar-refractivity contribution in [2.45, 2.75) is 53.4 Å². The van der Waals surface area contributed by atoms with E-state index < -0.39 is 0 Å². The molecule has 0 atom stereocenters. The van der Waals surface area contributed by atoms with Crippen molar-refractivity contribution >= 4 is 11.7 Å². The van der Waals surface area contributed by atoms with Crippen LogP contribution in [-0.2, 0) is 0 Å². The van der Waals surface area contributed by atoms with Crippen LogP contribution in [0.15, 0.2) is 18.2 Å². The second-order valence-corrected chi connectivity index (χ2v) is 5.34. The van der Waals surface area contributed by atoms with E-state index in [-0.39, 0.29) is 6.03 Å². The summed E-state index contributed by atoms with van der Waals surface area (Å²) in [6.07, 6.45) is 4.68. The van der Waals surface area contributed by atoms with Crippen LogP contribution in [-0.4, -0.2) is 19.1 Å². The van der Waals surface area contributed by atoms with Crippen LogP contribution in [0.1, 0.15) is 50.7 Å². The number of amides is 2. The highest BCUT2D eigenvalue weighted by Crippen LogP contribution is 2.22. The molecule has 0 spiro atoms. The lowest BCUT2D eigenvalue weighted by molar-refractivity contribution is 0.246. The van der Waals surface area contributed by atoms with Gasteiger partial charge in [-0.2, -0.15) is 0 Å². The van der Waals surface area contributed by atoms with Crippen LogP contribution in [0.3, 0.4) is 0 Å². The quantitative estimate of drug-likeness (QED) is 0.735. The zero-order valence-electron chi connectivity index (χ0n) is 13.3. The first-order valence-electron chi connectivity index (χ1n) is 7.72. The van der Waals surface area contributed by atoms with Gasteiger partial charge in [-0.3, -0.25) is 4.90 Å². The molecule has 112 valence electrons. The van der Waals surface area contributed by atoms with Gasteiger partial charge in [-0.25, -0.2) is 4.79 Å². The normalized spacial score (nSPS) is 10.4. The monoisotopic (exact) mass is 276 g/mol. The lowest BCUT2D eigenvalue weighted by Gasteiger charge is -2.25. The maximum Gasteiger partial charge on any atom is 0.321 e. The molecule has 1 aromatic carbocycles. The number of carbonyl (C=O) groups excluding carboxylic acids is 1. The van der Waals surface area contributed by atoms with E-state index in [9.17, 15) is 4.79 Å². The van der Waals surface area contributed by atoms with Crippen molar-refractivity contribution in [2.24, 2.45) is 0 Å². The van der Waals surface area contributed by atoms with Gasteiger partial charge in [0.25, 0.3) is 0 Å². The summed E-state index contributed by atoms with van der Waals surface area (Å²) < 4.78 is 0. The maximum atomic E-state index is 12.3. The number of unbranched alkanes of at least 4 members (excludes halogenated alkanes) is 3. The molecule has 0 saturated heterocycles. The number of anilines is 1. The molecule has 0 saturated carbocycles. The Morgan fingerprint density at radius 2 is 1.90 bits per heavy atom. The summed E-state index contributed by atoms with van der Waals surface area (Å²) in [5.74, 6) is 0. The number of hydrogen-bond acceptors (Lipinski definition) is 1. The third-order valence-corrected chi connectivity index (χ3v) is 3.45. The summed E-state index contributed by atoms with van der Waals surface area (Å²) in [6, 6.07) is 6.27. The largest absolute Gasteiger partial charge is 0.338 e. The van der Waals surface area contributed by atoms with Gasteiger partial charge in [-0.1, -0.05) is 43.9 Å². The third kappa shape index (κ3) is 4.87. The van der Waals surface area contributed by atoms with Crippen LogP contribution in [0.4, 0.5) is 10.5 Å². The molecule has 20 heavy (non-hydrogen) atoms. The molecule has 1 N–H and O–H groups in total. The SMILES string of the molecule is CCCCCCN(C(=O)NCC)c1ccc(C)cc1C. The minimum atomic E-state index is 0.0101.